The molecule has 0 bridgehead atoms. The fraction of sp³-hybridized carbons (Fsp3) is 0.429. The summed E-state index contributed by atoms with van der Waals surface area (Å²) < 4.78 is 2.13. The first kappa shape index (κ1) is 10.5. The average Bonchev–Trinajstić information content (AvgIpc) is 2.99. The normalized spacial score (nSPS) is 18.4. The van der Waals surface area contributed by atoms with Gasteiger partial charge >= 0.3 is 0 Å². The Morgan fingerprint density at radius 3 is 2.53 bits per heavy atom. The third-order valence-corrected chi connectivity index (χ3v) is 3.83. The molecule has 1 fully saturated rings. The van der Waals surface area contributed by atoms with Crippen molar-refractivity contribution in [2.75, 3.05) is 0 Å². The SMILES string of the molecule is CC1(c2nncn2-c2ccccc2)CCCC1. The maximum absolute atomic E-state index is 4.36. The Morgan fingerprint density at radius 1 is 1.12 bits per heavy atom. The Balaban J connectivity index is 2.05. The molecule has 3 heteroatoms. The van der Waals surface area contributed by atoms with Crippen molar-refractivity contribution >= 4 is 0 Å². The van der Waals surface area contributed by atoms with E-state index in [9.17, 15) is 0 Å². The highest BCUT2D eigenvalue weighted by Gasteiger charge is 2.35. The Morgan fingerprint density at radius 2 is 1.82 bits per heavy atom. The lowest BCUT2D eigenvalue weighted by atomic mass is 9.88. The molecule has 88 valence electrons. The van der Waals surface area contributed by atoms with Crippen LogP contribution < -0.4 is 0 Å². The highest BCUT2D eigenvalue weighted by atomic mass is 15.3. The van der Waals surface area contributed by atoms with Gasteiger partial charge in [0, 0.05) is 11.1 Å². The van der Waals surface area contributed by atoms with Gasteiger partial charge in [0.25, 0.3) is 0 Å². The lowest BCUT2D eigenvalue weighted by Gasteiger charge is -2.23. The molecule has 0 aliphatic heterocycles. The van der Waals surface area contributed by atoms with Crippen molar-refractivity contribution in [3.63, 3.8) is 0 Å². The summed E-state index contributed by atoms with van der Waals surface area (Å²) in [5.74, 6) is 1.11. The van der Waals surface area contributed by atoms with Gasteiger partial charge in [-0.2, -0.15) is 0 Å². The summed E-state index contributed by atoms with van der Waals surface area (Å²) in [6.07, 6.45) is 6.88. The number of nitrogens with zero attached hydrogens (tertiary/aromatic N) is 3. The van der Waals surface area contributed by atoms with Crippen LogP contribution in [0, 0.1) is 0 Å². The van der Waals surface area contributed by atoms with Crippen molar-refractivity contribution in [3.05, 3.63) is 42.5 Å². The number of hydrogen-bond acceptors (Lipinski definition) is 2. The van der Waals surface area contributed by atoms with Gasteiger partial charge in [-0.3, -0.25) is 4.57 Å². The lowest BCUT2D eigenvalue weighted by Crippen LogP contribution is -2.22. The van der Waals surface area contributed by atoms with Crippen molar-refractivity contribution in [2.45, 2.75) is 38.0 Å². The average molecular weight is 227 g/mol. The van der Waals surface area contributed by atoms with Crippen LogP contribution in [0.25, 0.3) is 5.69 Å². The standard InChI is InChI=1S/C14H17N3/c1-14(9-5-6-10-14)13-16-15-11-17(13)12-7-3-2-4-8-12/h2-4,7-8,11H,5-6,9-10H2,1H3. The van der Waals surface area contributed by atoms with Gasteiger partial charge in [-0.25, -0.2) is 0 Å². The molecule has 3 rings (SSSR count). The van der Waals surface area contributed by atoms with Crippen LogP contribution in [-0.4, -0.2) is 14.8 Å². The van der Waals surface area contributed by atoms with Crippen LogP contribution in [0.2, 0.25) is 0 Å². The van der Waals surface area contributed by atoms with E-state index in [1.54, 1.807) is 0 Å². The molecule has 1 aliphatic rings. The van der Waals surface area contributed by atoms with Gasteiger partial charge < -0.3 is 0 Å². The first-order chi connectivity index (χ1) is 8.30. The summed E-state index contributed by atoms with van der Waals surface area (Å²) >= 11 is 0. The monoisotopic (exact) mass is 227 g/mol. The topological polar surface area (TPSA) is 30.7 Å². The van der Waals surface area contributed by atoms with Gasteiger partial charge in [-0.1, -0.05) is 38.0 Å². The molecular weight excluding hydrogens is 210 g/mol. The van der Waals surface area contributed by atoms with Crippen molar-refractivity contribution < 1.29 is 0 Å². The van der Waals surface area contributed by atoms with E-state index < -0.39 is 0 Å². The fourth-order valence-corrected chi connectivity index (χ4v) is 2.80. The van der Waals surface area contributed by atoms with Gasteiger partial charge in [0.1, 0.15) is 12.2 Å². The number of benzene rings is 1. The van der Waals surface area contributed by atoms with Crippen LogP contribution in [0.1, 0.15) is 38.4 Å². The zero-order chi connectivity index (χ0) is 11.7. The summed E-state index contributed by atoms with van der Waals surface area (Å²) in [6, 6.07) is 10.3. The maximum atomic E-state index is 4.36. The Bertz CT molecular complexity index is 495. The molecule has 0 unspecified atom stereocenters. The fourth-order valence-electron chi connectivity index (χ4n) is 2.80. The minimum Gasteiger partial charge on any atom is -0.285 e. The Labute approximate surface area is 101 Å². The second-order valence-electron chi connectivity index (χ2n) is 5.13. The van der Waals surface area contributed by atoms with Crippen LogP contribution in [0.4, 0.5) is 0 Å². The molecule has 1 aromatic heterocycles. The molecule has 0 amide bonds. The molecule has 0 N–H and O–H groups in total. The minimum atomic E-state index is 0.201. The van der Waals surface area contributed by atoms with Crippen LogP contribution >= 0.6 is 0 Å². The van der Waals surface area contributed by atoms with Gasteiger partial charge in [0.15, 0.2) is 0 Å². The van der Waals surface area contributed by atoms with Crippen molar-refractivity contribution in [1.29, 1.82) is 0 Å². The van der Waals surface area contributed by atoms with E-state index in [0.717, 1.165) is 11.5 Å². The Kier molecular flexibility index (Phi) is 2.46. The zero-order valence-corrected chi connectivity index (χ0v) is 10.1. The van der Waals surface area contributed by atoms with Crippen molar-refractivity contribution in [3.8, 4) is 5.69 Å². The molecule has 0 atom stereocenters. The van der Waals surface area contributed by atoms with Gasteiger partial charge in [-0.15, -0.1) is 10.2 Å². The minimum absolute atomic E-state index is 0.201. The predicted octanol–water partition coefficient (Wildman–Crippen LogP) is 3.10. The number of para-hydroxylation sites is 1. The van der Waals surface area contributed by atoms with Crippen LogP contribution in [-0.2, 0) is 5.41 Å². The molecule has 0 saturated heterocycles. The summed E-state index contributed by atoms with van der Waals surface area (Å²) in [6.45, 7) is 2.31. The number of hydrogen-bond donors (Lipinski definition) is 0. The van der Waals surface area contributed by atoms with E-state index >= 15 is 0 Å². The number of aromatic nitrogens is 3. The smallest absolute Gasteiger partial charge is 0.143 e. The largest absolute Gasteiger partial charge is 0.285 e. The second kappa shape index (κ2) is 3.99. The molecule has 17 heavy (non-hydrogen) atoms. The van der Waals surface area contributed by atoms with Crippen LogP contribution in [0.5, 0.6) is 0 Å². The van der Waals surface area contributed by atoms with E-state index in [2.05, 4.69) is 46.0 Å². The Hall–Kier alpha value is -1.64. The van der Waals surface area contributed by atoms with Gasteiger partial charge in [0.05, 0.1) is 0 Å². The molecule has 1 heterocycles. The molecular formula is C14H17N3. The second-order valence-corrected chi connectivity index (χ2v) is 5.13. The van der Waals surface area contributed by atoms with Crippen LogP contribution in [0.3, 0.4) is 0 Å². The predicted molar refractivity (Wildman–Crippen MR) is 67.2 cm³/mol. The number of rotatable bonds is 2. The van der Waals surface area contributed by atoms with E-state index in [0.29, 0.717) is 0 Å². The lowest BCUT2D eigenvalue weighted by molar-refractivity contribution is 0.450. The summed E-state index contributed by atoms with van der Waals surface area (Å²) in [4.78, 5) is 0. The van der Waals surface area contributed by atoms with Gasteiger partial charge in [-0.05, 0) is 25.0 Å². The molecule has 1 aliphatic carbocycles. The summed E-state index contributed by atoms with van der Waals surface area (Å²) in [5, 5.41) is 8.46. The van der Waals surface area contributed by atoms with E-state index in [1.807, 2.05) is 12.4 Å². The molecule has 1 saturated carbocycles. The first-order valence-corrected chi connectivity index (χ1v) is 6.26. The third-order valence-electron chi connectivity index (χ3n) is 3.83. The maximum Gasteiger partial charge on any atom is 0.143 e. The zero-order valence-electron chi connectivity index (χ0n) is 10.1. The van der Waals surface area contributed by atoms with E-state index in [-0.39, 0.29) is 5.41 Å². The molecule has 2 aromatic rings. The van der Waals surface area contributed by atoms with Gasteiger partial charge in [0.2, 0.25) is 0 Å². The highest BCUT2D eigenvalue weighted by molar-refractivity contribution is 5.33. The summed E-state index contributed by atoms with van der Waals surface area (Å²) in [5.41, 5.74) is 1.35. The summed E-state index contributed by atoms with van der Waals surface area (Å²) in [7, 11) is 0. The van der Waals surface area contributed by atoms with Crippen LogP contribution in [0.15, 0.2) is 36.7 Å². The van der Waals surface area contributed by atoms with Crippen molar-refractivity contribution in [2.24, 2.45) is 0 Å². The molecule has 0 radical (unpaired) electrons. The van der Waals surface area contributed by atoms with E-state index in [1.165, 1.54) is 25.7 Å². The molecule has 0 spiro atoms. The highest BCUT2D eigenvalue weighted by Crippen LogP contribution is 2.40. The molecule has 3 nitrogen and oxygen atoms in total. The first-order valence-electron chi connectivity index (χ1n) is 6.26. The van der Waals surface area contributed by atoms with E-state index in [4.69, 9.17) is 0 Å². The quantitative estimate of drug-likeness (QED) is 0.789. The third kappa shape index (κ3) is 1.75. The van der Waals surface area contributed by atoms with Crippen molar-refractivity contribution in [1.82, 2.24) is 14.8 Å². The molecule has 1 aromatic carbocycles.